The number of dihydropyridines is 1. The molecular weight excluding hydrogens is 745 g/mol. The van der Waals surface area contributed by atoms with Gasteiger partial charge in [-0.05, 0) is 90.6 Å². The smallest absolute Gasteiger partial charge is 0.143 e. The predicted molar refractivity (Wildman–Crippen MR) is 249 cm³/mol. The molecule has 61 heavy (non-hydrogen) atoms. The van der Waals surface area contributed by atoms with Gasteiger partial charge in [-0.2, -0.15) is 0 Å². The lowest BCUT2D eigenvalue weighted by atomic mass is 9.95. The SMILES string of the molecule is CN/C(=C\C1CC1C(C)c1ccccc1)C1=NC2(n3c4c(c5cc6c7ccccc7n(-c7cccc(-c8cccc(-c9ccccc9)n8)n7)c6cc53)C=CC3CC43)CC2C=C1. The number of hydrogen-bond donors (Lipinski definition) is 1. The van der Waals surface area contributed by atoms with Crippen molar-refractivity contribution in [3.05, 3.63) is 180 Å². The highest BCUT2D eigenvalue weighted by Gasteiger charge is 2.59. The Morgan fingerprint density at radius 3 is 2.34 bits per heavy atom. The maximum Gasteiger partial charge on any atom is 0.143 e. The highest BCUT2D eigenvalue weighted by Crippen LogP contribution is 2.62. The van der Waals surface area contributed by atoms with Crippen molar-refractivity contribution in [2.24, 2.45) is 28.7 Å². The van der Waals surface area contributed by atoms with Crippen LogP contribution in [0.15, 0.2) is 168 Å². The van der Waals surface area contributed by atoms with Crippen LogP contribution >= 0.6 is 0 Å². The van der Waals surface area contributed by atoms with Crippen molar-refractivity contribution in [3.63, 3.8) is 0 Å². The molecule has 1 N–H and O–H groups in total. The minimum atomic E-state index is -0.345. The molecule has 0 spiro atoms. The van der Waals surface area contributed by atoms with Crippen LogP contribution in [0, 0.1) is 23.7 Å². The van der Waals surface area contributed by atoms with E-state index < -0.39 is 0 Å². The van der Waals surface area contributed by atoms with Crippen molar-refractivity contribution in [2.75, 3.05) is 7.05 Å². The minimum Gasteiger partial charge on any atom is -0.387 e. The second-order valence-corrected chi connectivity index (χ2v) is 18.0. The first-order valence-corrected chi connectivity index (χ1v) is 22.1. The molecule has 1 aliphatic heterocycles. The number of hydrogen-bond acceptors (Lipinski definition) is 4. The molecule has 13 rings (SSSR count). The van der Waals surface area contributed by atoms with Gasteiger partial charge in [0, 0.05) is 58.3 Å². The Balaban J connectivity index is 0.950. The van der Waals surface area contributed by atoms with Gasteiger partial charge in [-0.25, -0.2) is 9.97 Å². The quantitative estimate of drug-likeness (QED) is 0.158. The predicted octanol–water partition coefficient (Wildman–Crippen LogP) is 12.2. The third kappa shape index (κ3) is 5.44. The van der Waals surface area contributed by atoms with Gasteiger partial charge in [-0.15, -0.1) is 0 Å². The number of nitrogens with one attached hydrogen (secondary N) is 1. The first-order chi connectivity index (χ1) is 30.1. The molecule has 7 unspecified atom stereocenters. The average molecular weight is 791 g/mol. The molecule has 3 saturated carbocycles. The number of nitrogens with zero attached hydrogens (tertiary/aromatic N) is 5. The van der Waals surface area contributed by atoms with E-state index in [0.29, 0.717) is 35.5 Å². The highest BCUT2D eigenvalue weighted by molar-refractivity contribution is 6.15. The topological polar surface area (TPSA) is 60.0 Å². The molecule has 0 radical (unpaired) electrons. The van der Waals surface area contributed by atoms with Gasteiger partial charge in [0.1, 0.15) is 11.5 Å². The van der Waals surface area contributed by atoms with E-state index in [1.807, 2.05) is 6.07 Å². The Labute approximate surface area is 355 Å². The lowest BCUT2D eigenvalue weighted by Gasteiger charge is -2.25. The summed E-state index contributed by atoms with van der Waals surface area (Å²) in [6.07, 6.45) is 15.5. The van der Waals surface area contributed by atoms with Crippen LogP contribution < -0.4 is 5.32 Å². The van der Waals surface area contributed by atoms with Crippen molar-refractivity contribution in [1.82, 2.24) is 24.4 Å². The minimum absolute atomic E-state index is 0.345. The normalized spacial score (nSPS) is 24.9. The van der Waals surface area contributed by atoms with Crippen molar-refractivity contribution >= 4 is 44.5 Å². The van der Waals surface area contributed by atoms with E-state index in [4.69, 9.17) is 15.0 Å². The van der Waals surface area contributed by atoms with Crippen molar-refractivity contribution in [3.8, 4) is 28.5 Å². The van der Waals surface area contributed by atoms with E-state index in [1.165, 1.54) is 51.3 Å². The fourth-order valence-corrected chi connectivity index (χ4v) is 11.0. The zero-order valence-electron chi connectivity index (χ0n) is 34.4. The molecule has 3 fully saturated rings. The van der Waals surface area contributed by atoms with Gasteiger partial charge >= 0.3 is 0 Å². The van der Waals surface area contributed by atoms with Crippen molar-refractivity contribution in [1.29, 1.82) is 0 Å². The molecule has 0 bridgehead atoms. The Bertz CT molecular complexity index is 3220. The molecule has 4 aromatic carbocycles. The zero-order valence-corrected chi connectivity index (χ0v) is 34.4. The van der Waals surface area contributed by atoms with Crippen LogP contribution in [0.25, 0.3) is 67.2 Å². The van der Waals surface area contributed by atoms with Crippen LogP contribution in [0.2, 0.25) is 0 Å². The number of rotatable bonds is 9. The van der Waals surface area contributed by atoms with Crippen LogP contribution in [0.5, 0.6) is 0 Å². The van der Waals surface area contributed by atoms with Gasteiger partial charge < -0.3 is 9.88 Å². The maximum atomic E-state index is 5.81. The number of para-hydroxylation sites is 1. The molecular formula is C55H46N6. The van der Waals surface area contributed by atoms with Gasteiger partial charge in [0.15, 0.2) is 0 Å². The Kier molecular flexibility index (Phi) is 7.52. The molecule has 6 heteroatoms. The molecule has 6 nitrogen and oxygen atoms in total. The standard InChI is InChI=1S/C55H46N6/c1-33(34-13-5-3-6-14-34)41-28-37(41)29-49(56-2)48-26-24-38-32-55(38,59-48)61-52-31-51-43(30-44(52)40-25-23-36-27-42(36)54(40)61)39-17-9-10-21-50(39)60(51)53-22-12-20-47(58-53)46-19-11-18-45(57-46)35-15-7-4-8-16-35/h3-26,29-31,33,36-38,41-42,56H,27-28,32H2,1-2H3/b49-29-. The third-order valence-corrected chi connectivity index (χ3v) is 14.5. The van der Waals surface area contributed by atoms with E-state index in [2.05, 4.69) is 186 Å². The van der Waals surface area contributed by atoms with Gasteiger partial charge in [0.2, 0.25) is 0 Å². The number of aromatic nitrogens is 4. The Morgan fingerprint density at radius 1 is 0.721 bits per heavy atom. The molecule has 8 aromatic rings. The number of aliphatic imine (C=N–C) groups is 1. The van der Waals surface area contributed by atoms with Crippen molar-refractivity contribution in [2.45, 2.75) is 43.7 Å². The summed E-state index contributed by atoms with van der Waals surface area (Å²) >= 11 is 0. The van der Waals surface area contributed by atoms with Crippen LogP contribution in [0.4, 0.5) is 0 Å². The van der Waals surface area contributed by atoms with Crippen molar-refractivity contribution < 1.29 is 0 Å². The number of pyridine rings is 2. The lowest BCUT2D eigenvalue weighted by molar-refractivity contribution is 0.475. The van der Waals surface area contributed by atoms with Crippen LogP contribution in [-0.4, -0.2) is 31.9 Å². The summed E-state index contributed by atoms with van der Waals surface area (Å²) in [6, 6.07) is 47.6. The summed E-state index contributed by atoms with van der Waals surface area (Å²) in [4.78, 5) is 16.3. The fourth-order valence-electron chi connectivity index (χ4n) is 11.0. The van der Waals surface area contributed by atoms with Gasteiger partial charge in [-0.1, -0.05) is 122 Å². The summed E-state index contributed by atoms with van der Waals surface area (Å²) in [5.41, 5.74) is 13.5. The van der Waals surface area contributed by atoms with E-state index in [0.717, 1.165) is 57.3 Å². The number of benzene rings is 4. The maximum absolute atomic E-state index is 5.81. The number of allylic oxidation sites excluding steroid dienone is 3. The van der Waals surface area contributed by atoms with Crippen LogP contribution in [-0.2, 0) is 5.66 Å². The monoisotopic (exact) mass is 790 g/mol. The molecule has 5 aliphatic rings. The Hall–Kier alpha value is -6.79. The fraction of sp³-hybridized carbons (Fsp3) is 0.218. The largest absolute Gasteiger partial charge is 0.387 e. The molecule has 7 atom stereocenters. The van der Waals surface area contributed by atoms with Crippen LogP contribution in [0.3, 0.4) is 0 Å². The Morgan fingerprint density at radius 2 is 1.49 bits per heavy atom. The summed E-state index contributed by atoms with van der Waals surface area (Å²) in [5.74, 6) is 4.13. The highest BCUT2D eigenvalue weighted by atomic mass is 15.3. The van der Waals surface area contributed by atoms with Crippen LogP contribution in [0.1, 0.15) is 54.8 Å². The molecule has 5 heterocycles. The van der Waals surface area contributed by atoms with Gasteiger partial charge in [0.05, 0.1) is 45.0 Å². The number of fused-ring (bicyclic) bond motifs is 9. The second-order valence-electron chi connectivity index (χ2n) is 18.0. The average Bonchev–Trinajstić information content (AvgIpc) is 4.27. The van der Waals surface area contributed by atoms with E-state index >= 15 is 0 Å². The molecule has 4 aromatic heterocycles. The summed E-state index contributed by atoms with van der Waals surface area (Å²) < 4.78 is 5.07. The second kappa shape index (κ2) is 13.1. The molecule has 4 aliphatic carbocycles. The zero-order chi connectivity index (χ0) is 40.4. The summed E-state index contributed by atoms with van der Waals surface area (Å²) in [6.45, 7) is 2.39. The van der Waals surface area contributed by atoms with Gasteiger partial charge in [-0.3, -0.25) is 9.56 Å². The third-order valence-electron chi connectivity index (χ3n) is 14.5. The summed E-state index contributed by atoms with van der Waals surface area (Å²) in [5, 5.41) is 7.39. The van der Waals surface area contributed by atoms with E-state index in [1.54, 1.807) is 0 Å². The first-order valence-electron chi connectivity index (χ1n) is 22.1. The lowest BCUT2D eigenvalue weighted by Crippen LogP contribution is -2.26. The van der Waals surface area contributed by atoms with E-state index in [9.17, 15) is 0 Å². The molecule has 0 saturated heterocycles. The van der Waals surface area contributed by atoms with E-state index in [-0.39, 0.29) is 5.66 Å². The molecule has 296 valence electrons. The summed E-state index contributed by atoms with van der Waals surface area (Å²) in [7, 11) is 2.06. The molecule has 0 amide bonds. The first kappa shape index (κ1) is 35.0. The van der Waals surface area contributed by atoms with Gasteiger partial charge in [0.25, 0.3) is 0 Å².